The zero-order valence-corrected chi connectivity index (χ0v) is 11.0. The van der Waals surface area contributed by atoms with Gasteiger partial charge in [-0.05, 0) is 25.5 Å². The van der Waals surface area contributed by atoms with E-state index in [1.54, 1.807) is 6.07 Å². The lowest BCUT2D eigenvalue weighted by atomic mass is 10.1. The van der Waals surface area contributed by atoms with Crippen molar-refractivity contribution < 1.29 is 9.59 Å². The van der Waals surface area contributed by atoms with Crippen molar-refractivity contribution >= 4 is 11.8 Å². The zero-order valence-electron chi connectivity index (χ0n) is 11.0. The number of benzene rings is 1. The van der Waals surface area contributed by atoms with Gasteiger partial charge >= 0.3 is 0 Å². The van der Waals surface area contributed by atoms with Crippen LogP contribution in [0.4, 0.5) is 0 Å². The summed E-state index contributed by atoms with van der Waals surface area (Å²) in [6, 6.07) is 5.45. The molecule has 0 saturated carbocycles. The first kappa shape index (κ1) is 12.8. The van der Waals surface area contributed by atoms with Crippen LogP contribution in [-0.2, 0) is 0 Å². The molecule has 0 aromatic heterocycles. The highest BCUT2D eigenvalue weighted by Gasteiger charge is 2.34. The van der Waals surface area contributed by atoms with Crippen molar-refractivity contribution in [2.75, 3.05) is 6.54 Å². The van der Waals surface area contributed by atoms with Gasteiger partial charge in [0.1, 0.15) is 0 Å². The van der Waals surface area contributed by atoms with E-state index in [-0.39, 0.29) is 11.8 Å². The quantitative estimate of drug-likeness (QED) is 0.590. The number of hydrogen-bond donors (Lipinski definition) is 0. The van der Waals surface area contributed by atoms with Crippen LogP contribution in [0.5, 0.6) is 0 Å². The second-order valence-corrected chi connectivity index (χ2v) is 4.87. The largest absolute Gasteiger partial charge is 0.274 e. The molecule has 0 bridgehead atoms. The van der Waals surface area contributed by atoms with E-state index in [0.29, 0.717) is 17.7 Å². The van der Waals surface area contributed by atoms with Gasteiger partial charge < -0.3 is 0 Å². The number of nitrogens with zero attached hydrogens (tertiary/aromatic N) is 1. The van der Waals surface area contributed by atoms with Gasteiger partial charge in [0.15, 0.2) is 0 Å². The summed E-state index contributed by atoms with van der Waals surface area (Å²) in [5, 5.41) is 0. The molecule has 0 unspecified atom stereocenters. The highest BCUT2D eigenvalue weighted by molar-refractivity contribution is 6.21. The number of rotatable bonds is 5. The first-order valence-corrected chi connectivity index (χ1v) is 6.62. The third kappa shape index (κ3) is 2.30. The lowest BCUT2D eigenvalue weighted by molar-refractivity contribution is 0.0651. The van der Waals surface area contributed by atoms with Crippen molar-refractivity contribution in [2.24, 2.45) is 0 Å². The Morgan fingerprint density at radius 3 is 2.44 bits per heavy atom. The van der Waals surface area contributed by atoms with Crippen molar-refractivity contribution in [1.29, 1.82) is 0 Å². The van der Waals surface area contributed by atoms with E-state index in [0.717, 1.165) is 31.2 Å². The Morgan fingerprint density at radius 1 is 1.00 bits per heavy atom. The predicted molar refractivity (Wildman–Crippen MR) is 70.7 cm³/mol. The summed E-state index contributed by atoms with van der Waals surface area (Å²) >= 11 is 0. The minimum Gasteiger partial charge on any atom is -0.274 e. The Balaban J connectivity index is 2.08. The standard InChI is InChI=1S/C15H19NO2/c1-3-4-5-6-9-16-14(17)12-8-7-11(2)10-13(12)15(16)18/h7-8,10H,3-6,9H2,1-2H3. The topological polar surface area (TPSA) is 37.4 Å². The summed E-state index contributed by atoms with van der Waals surface area (Å²) in [6.07, 6.45) is 4.28. The maximum Gasteiger partial charge on any atom is 0.261 e. The van der Waals surface area contributed by atoms with Crippen molar-refractivity contribution in [2.45, 2.75) is 39.5 Å². The van der Waals surface area contributed by atoms with Crippen LogP contribution in [0.3, 0.4) is 0 Å². The lowest BCUT2D eigenvalue weighted by Crippen LogP contribution is -2.30. The Hall–Kier alpha value is -1.64. The fourth-order valence-electron chi connectivity index (χ4n) is 2.30. The SMILES string of the molecule is CCCCCCN1C(=O)c2ccc(C)cc2C1=O. The summed E-state index contributed by atoms with van der Waals surface area (Å²) in [5.74, 6) is -0.262. The van der Waals surface area contributed by atoms with E-state index in [1.165, 1.54) is 4.90 Å². The molecular formula is C15H19NO2. The third-order valence-corrected chi connectivity index (χ3v) is 3.36. The highest BCUT2D eigenvalue weighted by Crippen LogP contribution is 2.24. The normalized spacial score (nSPS) is 14.2. The smallest absolute Gasteiger partial charge is 0.261 e. The fourth-order valence-corrected chi connectivity index (χ4v) is 2.30. The van der Waals surface area contributed by atoms with Gasteiger partial charge in [-0.3, -0.25) is 14.5 Å². The molecular weight excluding hydrogens is 226 g/mol. The van der Waals surface area contributed by atoms with E-state index in [1.807, 2.05) is 19.1 Å². The Kier molecular flexibility index (Phi) is 3.80. The second-order valence-electron chi connectivity index (χ2n) is 4.87. The van der Waals surface area contributed by atoms with Crippen LogP contribution in [0.25, 0.3) is 0 Å². The molecule has 0 radical (unpaired) electrons. The van der Waals surface area contributed by atoms with Gasteiger partial charge in [0.2, 0.25) is 0 Å². The van der Waals surface area contributed by atoms with Crippen LogP contribution in [-0.4, -0.2) is 23.3 Å². The van der Waals surface area contributed by atoms with E-state index >= 15 is 0 Å². The van der Waals surface area contributed by atoms with Gasteiger partial charge in [-0.25, -0.2) is 0 Å². The summed E-state index contributed by atoms with van der Waals surface area (Å²) in [5.41, 5.74) is 2.14. The van der Waals surface area contributed by atoms with E-state index in [9.17, 15) is 9.59 Å². The predicted octanol–water partition coefficient (Wildman–Crippen LogP) is 3.17. The van der Waals surface area contributed by atoms with Gasteiger partial charge in [0.25, 0.3) is 11.8 Å². The maximum atomic E-state index is 12.1. The number of aryl methyl sites for hydroxylation is 1. The number of carbonyl (C=O) groups is 2. The second kappa shape index (κ2) is 5.34. The number of hydrogen-bond acceptors (Lipinski definition) is 2. The first-order valence-electron chi connectivity index (χ1n) is 6.62. The van der Waals surface area contributed by atoms with Crippen molar-refractivity contribution in [3.63, 3.8) is 0 Å². The summed E-state index contributed by atoms with van der Waals surface area (Å²) in [6.45, 7) is 4.62. The molecule has 1 aromatic carbocycles. The van der Waals surface area contributed by atoms with Crippen molar-refractivity contribution in [3.8, 4) is 0 Å². The molecule has 1 heterocycles. The molecule has 0 atom stereocenters. The molecule has 3 heteroatoms. The number of unbranched alkanes of at least 4 members (excludes halogenated alkanes) is 3. The van der Waals surface area contributed by atoms with Crippen LogP contribution in [0.1, 0.15) is 58.9 Å². The monoisotopic (exact) mass is 245 g/mol. The number of carbonyl (C=O) groups excluding carboxylic acids is 2. The van der Waals surface area contributed by atoms with Crippen LogP contribution in [0.2, 0.25) is 0 Å². The number of fused-ring (bicyclic) bond motifs is 1. The van der Waals surface area contributed by atoms with Crippen LogP contribution in [0, 0.1) is 6.92 Å². The Labute approximate surface area is 108 Å². The van der Waals surface area contributed by atoms with Crippen molar-refractivity contribution in [3.05, 3.63) is 34.9 Å². The van der Waals surface area contributed by atoms with Gasteiger partial charge in [0.05, 0.1) is 11.1 Å². The molecule has 1 aliphatic rings. The summed E-state index contributed by atoms with van der Waals surface area (Å²) in [7, 11) is 0. The molecule has 0 N–H and O–H groups in total. The third-order valence-electron chi connectivity index (χ3n) is 3.36. The first-order chi connectivity index (χ1) is 8.65. The van der Waals surface area contributed by atoms with Gasteiger partial charge in [-0.15, -0.1) is 0 Å². The van der Waals surface area contributed by atoms with Gasteiger partial charge in [-0.2, -0.15) is 0 Å². The van der Waals surface area contributed by atoms with Crippen LogP contribution >= 0.6 is 0 Å². The van der Waals surface area contributed by atoms with E-state index in [2.05, 4.69) is 6.92 Å². The Morgan fingerprint density at radius 2 is 1.72 bits per heavy atom. The minimum absolute atomic E-state index is 0.129. The molecule has 18 heavy (non-hydrogen) atoms. The van der Waals surface area contributed by atoms with Gasteiger partial charge in [-0.1, -0.05) is 37.8 Å². The fraction of sp³-hybridized carbons (Fsp3) is 0.467. The Bertz CT molecular complexity index is 479. The molecule has 2 amide bonds. The van der Waals surface area contributed by atoms with Crippen LogP contribution in [0.15, 0.2) is 18.2 Å². The molecule has 0 aliphatic carbocycles. The number of amides is 2. The molecule has 0 spiro atoms. The molecule has 0 fully saturated rings. The molecule has 2 rings (SSSR count). The molecule has 1 aromatic rings. The average Bonchev–Trinajstić information content (AvgIpc) is 2.59. The highest BCUT2D eigenvalue weighted by atomic mass is 16.2. The minimum atomic E-state index is -0.133. The molecule has 1 aliphatic heterocycles. The molecule has 96 valence electrons. The molecule has 0 saturated heterocycles. The summed E-state index contributed by atoms with van der Waals surface area (Å²) in [4.78, 5) is 25.6. The average molecular weight is 245 g/mol. The van der Waals surface area contributed by atoms with Crippen LogP contribution < -0.4 is 0 Å². The zero-order chi connectivity index (χ0) is 13.1. The van der Waals surface area contributed by atoms with Crippen molar-refractivity contribution in [1.82, 2.24) is 4.90 Å². The van der Waals surface area contributed by atoms with E-state index < -0.39 is 0 Å². The number of imide groups is 1. The maximum absolute atomic E-state index is 12.1. The lowest BCUT2D eigenvalue weighted by Gasteiger charge is -2.13. The summed E-state index contributed by atoms with van der Waals surface area (Å²) < 4.78 is 0. The van der Waals surface area contributed by atoms with E-state index in [4.69, 9.17) is 0 Å². The van der Waals surface area contributed by atoms with Gasteiger partial charge in [0, 0.05) is 6.54 Å². The molecule has 3 nitrogen and oxygen atoms in total.